The molecule has 78 valence electrons. The van der Waals surface area contributed by atoms with Crippen molar-refractivity contribution in [2.75, 3.05) is 5.73 Å². The van der Waals surface area contributed by atoms with Crippen molar-refractivity contribution in [1.29, 1.82) is 0 Å². The molecule has 0 spiro atoms. The van der Waals surface area contributed by atoms with E-state index in [1.807, 2.05) is 0 Å². The molecule has 0 aliphatic carbocycles. The van der Waals surface area contributed by atoms with E-state index in [2.05, 4.69) is 26.1 Å². The summed E-state index contributed by atoms with van der Waals surface area (Å²) in [6.45, 7) is 0. The van der Waals surface area contributed by atoms with Crippen LogP contribution in [0.25, 0.3) is 11.1 Å². The number of H-pyrrole nitrogens is 1. The number of rotatable bonds is 1. The maximum absolute atomic E-state index is 13.3. The molecule has 0 aliphatic heterocycles. The minimum atomic E-state index is -0.498. The Kier molecular flexibility index (Phi) is 2.67. The van der Waals surface area contributed by atoms with Crippen molar-refractivity contribution >= 4 is 33.3 Å². The monoisotopic (exact) mass is 289 g/mol. The van der Waals surface area contributed by atoms with Crippen LogP contribution in [0.2, 0.25) is 5.02 Å². The summed E-state index contributed by atoms with van der Waals surface area (Å²) < 4.78 is 13.8. The first-order valence-electron chi connectivity index (χ1n) is 4.03. The molecule has 15 heavy (non-hydrogen) atoms. The van der Waals surface area contributed by atoms with Gasteiger partial charge in [0.25, 0.3) is 0 Å². The Morgan fingerprint density at radius 1 is 1.47 bits per heavy atom. The molecule has 6 heteroatoms. The van der Waals surface area contributed by atoms with Crippen LogP contribution in [-0.2, 0) is 0 Å². The third kappa shape index (κ3) is 1.85. The number of hydrogen-bond donors (Lipinski definition) is 2. The summed E-state index contributed by atoms with van der Waals surface area (Å²) in [5, 5.41) is 6.39. The summed E-state index contributed by atoms with van der Waals surface area (Å²) in [4.78, 5) is 0. The van der Waals surface area contributed by atoms with Crippen LogP contribution in [0.5, 0.6) is 0 Å². The van der Waals surface area contributed by atoms with E-state index in [0.717, 1.165) is 0 Å². The second kappa shape index (κ2) is 3.83. The molecule has 0 radical (unpaired) electrons. The number of nitrogens with zero attached hydrogens (tertiary/aromatic N) is 1. The summed E-state index contributed by atoms with van der Waals surface area (Å²) in [5.41, 5.74) is 6.89. The zero-order valence-electron chi connectivity index (χ0n) is 7.39. The zero-order valence-corrected chi connectivity index (χ0v) is 9.73. The minimum absolute atomic E-state index is 0.0563. The maximum Gasteiger partial charge on any atom is 0.143 e. The molecule has 0 saturated carbocycles. The second-order valence-electron chi connectivity index (χ2n) is 2.95. The van der Waals surface area contributed by atoms with Crippen molar-refractivity contribution in [3.63, 3.8) is 0 Å². The molecule has 0 aliphatic rings. The van der Waals surface area contributed by atoms with E-state index in [1.165, 1.54) is 12.3 Å². The lowest BCUT2D eigenvalue weighted by molar-refractivity contribution is 0.628. The number of benzene rings is 1. The lowest BCUT2D eigenvalue weighted by atomic mass is 10.1. The Morgan fingerprint density at radius 3 is 2.73 bits per heavy atom. The fraction of sp³-hybridized carbons (Fsp3) is 0. The van der Waals surface area contributed by atoms with Crippen molar-refractivity contribution in [3.05, 3.63) is 33.6 Å². The fourth-order valence-corrected chi connectivity index (χ4v) is 1.78. The molecule has 3 nitrogen and oxygen atoms in total. The first-order chi connectivity index (χ1) is 7.09. The van der Waals surface area contributed by atoms with E-state index in [9.17, 15) is 4.39 Å². The van der Waals surface area contributed by atoms with Crippen LogP contribution in [-0.4, -0.2) is 10.2 Å². The van der Waals surface area contributed by atoms with Gasteiger partial charge in [0.15, 0.2) is 0 Å². The van der Waals surface area contributed by atoms with Crippen LogP contribution >= 0.6 is 27.5 Å². The average Bonchev–Trinajstić information content (AvgIpc) is 2.60. The quantitative estimate of drug-likeness (QED) is 0.792. The van der Waals surface area contributed by atoms with Gasteiger partial charge in [-0.3, -0.25) is 5.10 Å². The Bertz CT molecular complexity index is 489. The van der Waals surface area contributed by atoms with E-state index in [4.69, 9.17) is 17.3 Å². The number of aromatic amines is 1. The van der Waals surface area contributed by atoms with E-state index < -0.39 is 5.82 Å². The molecular weight excluding hydrogens is 284 g/mol. The molecule has 0 bridgehead atoms. The number of nitrogens with two attached hydrogens (primary N) is 1. The molecule has 1 heterocycles. The highest BCUT2D eigenvalue weighted by Crippen LogP contribution is 2.32. The van der Waals surface area contributed by atoms with E-state index in [-0.39, 0.29) is 5.02 Å². The van der Waals surface area contributed by atoms with E-state index in [1.54, 1.807) is 6.07 Å². The van der Waals surface area contributed by atoms with E-state index >= 15 is 0 Å². The standard InChI is InChI=1S/C9H6BrClFN3/c10-6-1-4(2-7(12)8(6)11)5-3-14-15-9(5)13/h1-3H,(H3,13,14,15). The van der Waals surface area contributed by atoms with Crippen LogP contribution < -0.4 is 5.73 Å². The lowest BCUT2D eigenvalue weighted by Gasteiger charge is -2.03. The first kappa shape index (κ1) is 10.4. The number of nitrogens with one attached hydrogen (secondary N) is 1. The lowest BCUT2D eigenvalue weighted by Crippen LogP contribution is -1.89. The Morgan fingerprint density at radius 2 is 2.20 bits per heavy atom. The SMILES string of the molecule is Nc1[nH]ncc1-c1cc(F)c(Cl)c(Br)c1. The highest BCUT2D eigenvalue weighted by molar-refractivity contribution is 9.10. The van der Waals surface area contributed by atoms with Crippen LogP contribution in [0.1, 0.15) is 0 Å². The van der Waals surface area contributed by atoms with E-state index in [0.29, 0.717) is 21.4 Å². The van der Waals surface area contributed by atoms with Crippen LogP contribution in [0.4, 0.5) is 10.2 Å². The summed E-state index contributed by atoms with van der Waals surface area (Å²) in [6.07, 6.45) is 1.53. The van der Waals surface area contributed by atoms with Crippen LogP contribution in [0.15, 0.2) is 22.8 Å². The maximum atomic E-state index is 13.3. The molecular formula is C9H6BrClFN3. The fourth-order valence-electron chi connectivity index (χ4n) is 1.24. The summed E-state index contributed by atoms with van der Waals surface area (Å²) in [6, 6.07) is 3.00. The first-order valence-corrected chi connectivity index (χ1v) is 5.20. The molecule has 0 amide bonds. The molecule has 0 fully saturated rings. The van der Waals surface area contributed by atoms with Crippen LogP contribution in [0, 0.1) is 5.82 Å². The average molecular weight is 291 g/mol. The molecule has 2 rings (SSSR count). The Hall–Kier alpha value is -1.07. The zero-order chi connectivity index (χ0) is 11.0. The topological polar surface area (TPSA) is 54.7 Å². The third-order valence-electron chi connectivity index (χ3n) is 1.96. The number of anilines is 1. The summed E-state index contributed by atoms with van der Waals surface area (Å²) in [7, 11) is 0. The Labute approximate surface area is 98.6 Å². The van der Waals surface area contributed by atoms with Gasteiger partial charge < -0.3 is 5.73 Å². The molecule has 0 saturated heterocycles. The predicted octanol–water partition coefficient (Wildman–Crippen LogP) is 3.21. The van der Waals surface area contributed by atoms with Gasteiger partial charge in [-0.2, -0.15) is 5.10 Å². The van der Waals surface area contributed by atoms with Crippen molar-refractivity contribution in [2.24, 2.45) is 0 Å². The number of hydrogen-bond acceptors (Lipinski definition) is 2. The third-order valence-corrected chi connectivity index (χ3v) is 3.20. The van der Waals surface area contributed by atoms with Gasteiger partial charge in [0.2, 0.25) is 0 Å². The molecule has 0 unspecified atom stereocenters. The summed E-state index contributed by atoms with van der Waals surface area (Å²) in [5.74, 6) is -0.106. The number of nitrogen functional groups attached to an aromatic ring is 1. The molecule has 3 N–H and O–H groups in total. The van der Waals surface area contributed by atoms with Crippen LogP contribution in [0.3, 0.4) is 0 Å². The normalized spacial score (nSPS) is 10.6. The highest BCUT2D eigenvalue weighted by Gasteiger charge is 2.11. The van der Waals surface area contributed by atoms with Gasteiger partial charge in [-0.05, 0) is 33.6 Å². The van der Waals surface area contributed by atoms with Gasteiger partial charge in [0.05, 0.1) is 11.2 Å². The van der Waals surface area contributed by atoms with Gasteiger partial charge in [0.1, 0.15) is 11.6 Å². The molecule has 1 aromatic carbocycles. The summed E-state index contributed by atoms with van der Waals surface area (Å²) >= 11 is 8.84. The minimum Gasteiger partial charge on any atom is -0.384 e. The van der Waals surface area contributed by atoms with Gasteiger partial charge in [0, 0.05) is 10.0 Å². The van der Waals surface area contributed by atoms with Gasteiger partial charge in [-0.25, -0.2) is 4.39 Å². The van der Waals surface area contributed by atoms with Gasteiger partial charge >= 0.3 is 0 Å². The largest absolute Gasteiger partial charge is 0.384 e. The Balaban J connectivity index is 2.60. The number of aromatic nitrogens is 2. The molecule has 1 aromatic heterocycles. The molecule has 2 aromatic rings. The smallest absolute Gasteiger partial charge is 0.143 e. The van der Waals surface area contributed by atoms with Gasteiger partial charge in [-0.1, -0.05) is 11.6 Å². The van der Waals surface area contributed by atoms with Crippen molar-refractivity contribution < 1.29 is 4.39 Å². The predicted molar refractivity (Wildman–Crippen MR) is 61.1 cm³/mol. The highest BCUT2D eigenvalue weighted by atomic mass is 79.9. The van der Waals surface area contributed by atoms with Crippen molar-refractivity contribution in [2.45, 2.75) is 0 Å². The number of halogens is 3. The molecule has 0 atom stereocenters. The van der Waals surface area contributed by atoms with Crippen molar-refractivity contribution in [1.82, 2.24) is 10.2 Å². The second-order valence-corrected chi connectivity index (χ2v) is 4.18. The van der Waals surface area contributed by atoms with Gasteiger partial charge in [-0.15, -0.1) is 0 Å². The van der Waals surface area contributed by atoms with Crippen molar-refractivity contribution in [3.8, 4) is 11.1 Å².